The molecule has 0 fully saturated rings. The van der Waals surface area contributed by atoms with Gasteiger partial charge in [0.1, 0.15) is 17.9 Å². The van der Waals surface area contributed by atoms with E-state index in [-0.39, 0.29) is 11.4 Å². The number of unbranched alkanes of at least 4 members (excludes halogenated alkanes) is 2. The number of aryl methyl sites for hydroxylation is 1. The Kier molecular flexibility index (Phi) is 11.7. The number of aldehydes is 1. The lowest BCUT2D eigenvalue weighted by molar-refractivity contribution is -0.274. The van der Waals surface area contributed by atoms with Crippen molar-refractivity contribution in [2.75, 3.05) is 11.9 Å². The van der Waals surface area contributed by atoms with Gasteiger partial charge in [-0.25, -0.2) is 4.39 Å². The average Bonchev–Trinajstić information content (AvgIpc) is 2.83. The molecule has 1 heterocycles. The predicted molar refractivity (Wildman–Crippen MR) is 130 cm³/mol. The summed E-state index contributed by atoms with van der Waals surface area (Å²) in [6.07, 6.45) is 2.86. The van der Waals surface area contributed by atoms with Gasteiger partial charge in [0, 0.05) is 30.1 Å². The number of carbonyl (C=O) groups is 2. The Morgan fingerprint density at radius 3 is 2.62 bits per heavy atom. The van der Waals surface area contributed by atoms with Gasteiger partial charge in [-0.15, -0.1) is 18.3 Å². The normalized spacial score (nSPS) is 12.0. The molecule has 8 nitrogen and oxygen atoms in total. The van der Waals surface area contributed by atoms with Gasteiger partial charge in [-0.2, -0.15) is 10.2 Å². The number of ether oxygens (including phenoxy) is 1. The van der Waals surface area contributed by atoms with Crippen molar-refractivity contribution >= 4 is 24.2 Å². The predicted octanol–water partition coefficient (Wildman–Crippen LogP) is 5.21. The molecule has 1 aromatic carbocycles. The van der Waals surface area contributed by atoms with Crippen LogP contribution in [0.5, 0.6) is 5.75 Å². The number of allylic oxidation sites excluding steroid dienone is 1. The first-order chi connectivity index (χ1) is 17.6. The molecule has 0 saturated carbocycles. The van der Waals surface area contributed by atoms with Crippen molar-refractivity contribution in [2.45, 2.75) is 58.7 Å². The van der Waals surface area contributed by atoms with Gasteiger partial charge in [0.25, 0.3) is 0 Å². The molecule has 0 radical (unpaired) electrons. The first-order valence-corrected chi connectivity index (χ1v) is 11.7. The number of nitrogens with one attached hydrogen (secondary N) is 1. The molecule has 0 aliphatic rings. The molecule has 0 spiro atoms. The van der Waals surface area contributed by atoms with E-state index >= 15 is 0 Å². The van der Waals surface area contributed by atoms with E-state index in [4.69, 9.17) is 0 Å². The largest absolute Gasteiger partial charge is 0.573 e. The quantitative estimate of drug-likeness (QED) is 0.0912. The van der Waals surface area contributed by atoms with Crippen molar-refractivity contribution in [1.29, 1.82) is 0 Å². The number of alkyl halides is 3. The summed E-state index contributed by atoms with van der Waals surface area (Å²) < 4.78 is 54.8. The van der Waals surface area contributed by atoms with Crippen molar-refractivity contribution in [3.05, 3.63) is 59.2 Å². The Balaban J connectivity index is 1.85. The van der Waals surface area contributed by atoms with E-state index < -0.39 is 30.3 Å². The molecule has 200 valence electrons. The molecular formula is C25H29F4N5O3. The van der Waals surface area contributed by atoms with Crippen LogP contribution in [0.3, 0.4) is 0 Å². The Morgan fingerprint density at radius 1 is 1.19 bits per heavy atom. The highest BCUT2D eigenvalue weighted by molar-refractivity contribution is 5.91. The molecule has 0 unspecified atom stereocenters. The van der Waals surface area contributed by atoms with Crippen molar-refractivity contribution in [3.8, 4) is 5.75 Å². The topological polar surface area (TPSA) is 96.8 Å². The molecule has 0 bridgehead atoms. The molecular weight excluding hydrogens is 494 g/mol. The molecule has 1 aromatic heterocycles. The van der Waals surface area contributed by atoms with Gasteiger partial charge in [-0.05, 0) is 62.9 Å². The summed E-state index contributed by atoms with van der Waals surface area (Å²) >= 11 is 0. The lowest BCUT2D eigenvalue weighted by atomic mass is 10.1. The zero-order valence-corrected chi connectivity index (χ0v) is 20.6. The second-order valence-electron chi connectivity index (χ2n) is 8.13. The standard InChI is InChI=1S/C25H29F4N5O3/c1-3-4-12-30-34(16-18(2)17-35)13-6-5-7-20-8-11-23(33-32-20)31-24(36)15-19-14-21(9-10-22(19)26)37-25(27,28)29/h8-12,14,16-17H,3-7,13,15H2,1-2H3,(H,31,33,36)/b18-16+,30-12+. The first kappa shape index (κ1) is 29.4. The van der Waals surface area contributed by atoms with E-state index in [1.165, 1.54) is 6.07 Å². The van der Waals surface area contributed by atoms with Gasteiger partial charge in [0.2, 0.25) is 5.91 Å². The molecule has 12 heteroatoms. The van der Waals surface area contributed by atoms with E-state index in [1.807, 2.05) is 6.21 Å². The van der Waals surface area contributed by atoms with Gasteiger partial charge < -0.3 is 10.1 Å². The SMILES string of the molecule is CCC/C=N/N(/C=C(\C)C=O)CCCCc1ccc(NC(=O)Cc2cc(OC(F)(F)F)ccc2F)nn1. The van der Waals surface area contributed by atoms with Crippen molar-refractivity contribution in [1.82, 2.24) is 15.2 Å². The molecule has 0 aliphatic heterocycles. The third-order valence-corrected chi connectivity index (χ3v) is 4.85. The highest BCUT2D eigenvalue weighted by Crippen LogP contribution is 2.25. The zero-order chi connectivity index (χ0) is 27.3. The molecule has 0 atom stereocenters. The van der Waals surface area contributed by atoms with Crippen LogP contribution in [0.1, 0.15) is 50.8 Å². The minimum absolute atomic E-state index is 0.128. The van der Waals surface area contributed by atoms with Crippen LogP contribution in [0.15, 0.2) is 47.2 Å². The Labute approximate surface area is 212 Å². The van der Waals surface area contributed by atoms with E-state index in [2.05, 4.69) is 32.3 Å². The van der Waals surface area contributed by atoms with Crippen LogP contribution < -0.4 is 10.1 Å². The van der Waals surface area contributed by atoms with Crippen LogP contribution in [0.4, 0.5) is 23.4 Å². The maximum Gasteiger partial charge on any atom is 0.573 e. The van der Waals surface area contributed by atoms with Crippen LogP contribution >= 0.6 is 0 Å². The monoisotopic (exact) mass is 523 g/mol. The third-order valence-electron chi connectivity index (χ3n) is 4.85. The number of anilines is 1. The molecule has 0 saturated heterocycles. The van der Waals surface area contributed by atoms with Crippen molar-refractivity contribution in [3.63, 3.8) is 0 Å². The number of hydrogen-bond acceptors (Lipinski definition) is 7. The van der Waals surface area contributed by atoms with Crippen LogP contribution in [0.25, 0.3) is 0 Å². The highest BCUT2D eigenvalue weighted by atomic mass is 19.4. The van der Waals surface area contributed by atoms with Crippen LogP contribution in [-0.4, -0.2) is 46.5 Å². The smallest absolute Gasteiger partial charge is 0.406 e. The number of nitrogens with zero attached hydrogens (tertiary/aromatic N) is 4. The van der Waals surface area contributed by atoms with Gasteiger partial charge in [-0.3, -0.25) is 14.6 Å². The molecule has 37 heavy (non-hydrogen) atoms. The van der Waals surface area contributed by atoms with E-state index in [0.29, 0.717) is 24.2 Å². The summed E-state index contributed by atoms with van der Waals surface area (Å²) in [5.41, 5.74) is 1.01. The number of carbonyl (C=O) groups excluding carboxylic acids is 2. The second kappa shape index (κ2) is 14.7. The molecule has 1 N–H and O–H groups in total. The minimum atomic E-state index is -4.93. The third kappa shape index (κ3) is 11.6. The van der Waals surface area contributed by atoms with Crippen molar-refractivity contribution in [2.24, 2.45) is 5.10 Å². The van der Waals surface area contributed by atoms with E-state index in [9.17, 15) is 27.2 Å². The van der Waals surface area contributed by atoms with Gasteiger partial charge in [0.05, 0.1) is 12.1 Å². The summed E-state index contributed by atoms with van der Waals surface area (Å²) in [5.74, 6) is -2.00. The Bertz CT molecular complexity index is 1090. The highest BCUT2D eigenvalue weighted by Gasteiger charge is 2.31. The second-order valence-corrected chi connectivity index (χ2v) is 8.13. The molecule has 2 rings (SSSR count). The summed E-state index contributed by atoms with van der Waals surface area (Å²) in [6, 6.07) is 5.68. The molecule has 2 aromatic rings. The Hall–Kier alpha value is -3.83. The number of hydrazone groups is 1. The number of halogens is 4. The fraction of sp³-hybridized carbons (Fsp3) is 0.400. The van der Waals surface area contributed by atoms with Crippen LogP contribution in [0.2, 0.25) is 0 Å². The summed E-state index contributed by atoms with van der Waals surface area (Å²) in [6.45, 7) is 4.39. The lowest BCUT2D eigenvalue weighted by Gasteiger charge is -2.14. The summed E-state index contributed by atoms with van der Waals surface area (Å²) in [4.78, 5) is 23.1. The van der Waals surface area contributed by atoms with E-state index in [0.717, 1.165) is 50.2 Å². The van der Waals surface area contributed by atoms with Gasteiger partial charge in [0.15, 0.2) is 5.82 Å². The van der Waals surface area contributed by atoms with Gasteiger partial charge in [-0.1, -0.05) is 13.3 Å². The first-order valence-electron chi connectivity index (χ1n) is 11.7. The fourth-order valence-electron chi connectivity index (χ4n) is 3.10. The summed E-state index contributed by atoms with van der Waals surface area (Å²) in [7, 11) is 0. The maximum atomic E-state index is 13.9. The van der Waals surface area contributed by atoms with Crippen LogP contribution in [-0.2, 0) is 22.4 Å². The fourth-order valence-corrected chi connectivity index (χ4v) is 3.10. The molecule has 0 aliphatic carbocycles. The van der Waals surface area contributed by atoms with Crippen molar-refractivity contribution < 1.29 is 31.9 Å². The molecule has 1 amide bonds. The summed E-state index contributed by atoms with van der Waals surface area (Å²) in [5, 5.41) is 16.5. The number of benzene rings is 1. The maximum absolute atomic E-state index is 13.9. The van der Waals surface area contributed by atoms with Crippen LogP contribution in [0, 0.1) is 5.82 Å². The van der Waals surface area contributed by atoms with E-state index in [1.54, 1.807) is 24.2 Å². The zero-order valence-electron chi connectivity index (χ0n) is 20.6. The number of amides is 1. The average molecular weight is 524 g/mol. The minimum Gasteiger partial charge on any atom is -0.406 e. The Morgan fingerprint density at radius 2 is 1.97 bits per heavy atom. The number of aromatic nitrogens is 2. The lowest BCUT2D eigenvalue weighted by Crippen LogP contribution is -2.18. The number of rotatable bonds is 14. The number of hydrogen-bond donors (Lipinski definition) is 1. The van der Waals surface area contributed by atoms with Gasteiger partial charge >= 0.3 is 6.36 Å².